The van der Waals surface area contributed by atoms with Crippen molar-refractivity contribution < 1.29 is 4.79 Å². The summed E-state index contributed by atoms with van der Waals surface area (Å²) in [7, 11) is 9.74. The number of allylic oxidation sites excluding steroid dienone is 1. The maximum atomic E-state index is 12.1. The van der Waals surface area contributed by atoms with E-state index in [1.807, 2.05) is 17.0 Å². The summed E-state index contributed by atoms with van der Waals surface area (Å²) in [5.41, 5.74) is 5.27. The Balaban J connectivity index is 1.80. The summed E-state index contributed by atoms with van der Waals surface area (Å²) in [6.07, 6.45) is 6.53. The molecule has 3 heterocycles. The molecule has 0 radical (unpaired) electrons. The van der Waals surface area contributed by atoms with Crippen molar-refractivity contribution in [1.29, 1.82) is 0 Å². The van der Waals surface area contributed by atoms with Crippen LogP contribution >= 0.6 is 11.3 Å². The van der Waals surface area contributed by atoms with Crippen molar-refractivity contribution in [3.05, 3.63) is 42.2 Å². The van der Waals surface area contributed by atoms with Gasteiger partial charge in [-0.15, -0.1) is 6.58 Å². The fourth-order valence-corrected chi connectivity index (χ4v) is 4.87. The number of nitrogens with zero attached hydrogens (tertiary/aromatic N) is 6. The van der Waals surface area contributed by atoms with E-state index in [-0.39, 0.29) is 6.03 Å². The summed E-state index contributed by atoms with van der Waals surface area (Å²) in [5.74, 6) is 0.997. The molecular weight excluding hydrogens is 422 g/mol. The highest BCUT2D eigenvalue weighted by Crippen LogP contribution is 2.42. The van der Waals surface area contributed by atoms with Crippen molar-refractivity contribution in [2.24, 2.45) is 0 Å². The number of hydrogen-bond donors (Lipinski definition) is 1. The van der Waals surface area contributed by atoms with Gasteiger partial charge in [0.25, 0.3) is 0 Å². The van der Waals surface area contributed by atoms with Crippen molar-refractivity contribution in [3.8, 4) is 21.8 Å². The number of hydrogen-bond acceptors (Lipinski definition) is 5. The van der Waals surface area contributed by atoms with Crippen molar-refractivity contribution in [2.45, 2.75) is 25.8 Å². The van der Waals surface area contributed by atoms with E-state index < -0.39 is 0 Å². The molecule has 0 fully saturated rings. The molecule has 1 N–H and O–H groups in total. The predicted octanol–water partition coefficient (Wildman–Crippen LogP) is 4.03. The highest BCUT2D eigenvalue weighted by Gasteiger charge is 2.28. The summed E-state index contributed by atoms with van der Waals surface area (Å²) < 4.78 is 2.67. The minimum Gasteiger partial charge on any atom is -0.331 e. The molecule has 3 aromatic heterocycles. The second-order valence-corrected chi connectivity index (χ2v) is 10.0. The molecule has 0 unspecified atom stereocenters. The molecule has 0 aliphatic heterocycles. The average Bonchev–Trinajstić information content (AvgIpc) is 3.23. The zero-order chi connectivity index (χ0) is 23.0. The van der Waals surface area contributed by atoms with Crippen molar-refractivity contribution in [1.82, 2.24) is 29.1 Å². The largest absolute Gasteiger partial charge is 0.331 e. The van der Waals surface area contributed by atoms with Crippen LogP contribution in [0.5, 0.6) is 0 Å². The smallest absolute Gasteiger partial charge is 0.323 e. The van der Waals surface area contributed by atoms with Crippen LogP contribution in [0, 0.1) is 0 Å². The first-order valence-corrected chi connectivity index (χ1v) is 11.5. The number of nitrogens with one attached hydrogen (secondary N) is 1. The molecule has 0 spiro atoms. The number of thiazole rings is 1. The standard InChI is InChI=1S/C23H29N7OS/c1-7-13-29-20-16(19(27-29)15-11-12-18(24-14-15)30(4,5)6)9-8-10-17-21(20)32-22(25-17)26-23(31)28(2)3/h7,11-12,14H,1,8-10,13H2,2-6H3/p+1. The number of aromatic nitrogens is 4. The van der Waals surface area contributed by atoms with Gasteiger partial charge in [-0.1, -0.05) is 17.4 Å². The second-order valence-electron chi connectivity index (χ2n) is 9.04. The number of fused-ring (bicyclic) bond motifs is 3. The topological polar surface area (TPSA) is 75.9 Å². The SMILES string of the molecule is C=CCn1nc(-c2ccc([N+](C)(C)C)nc2)c2c1-c1sc(NC(=O)N(C)C)nc1CCC2. The predicted molar refractivity (Wildman–Crippen MR) is 131 cm³/mol. The Morgan fingerprint density at radius 1 is 1.31 bits per heavy atom. The van der Waals surface area contributed by atoms with Gasteiger partial charge >= 0.3 is 6.03 Å². The number of amides is 2. The van der Waals surface area contributed by atoms with Gasteiger partial charge in [0.2, 0.25) is 5.82 Å². The fraction of sp³-hybridized carbons (Fsp3) is 0.391. The summed E-state index contributed by atoms with van der Waals surface area (Å²) in [6.45, 7) is 4.52. The van der Waals surface area contributed by atoms with Gasteiger partial charge in [-0.2, -0.15) is 5.10 Å². The Morgan fingerprint density at radius 2 is 2.09 bits per heavy atom. The Morgan fingerprint density at radius 3 is 2.72 bits per heavy atom. The molecule has 0 atom stereocenters. The minimum atomic E-state index is -0.183. The first-order valence-electron chi connectivity index (χ1n) is 10.7. The Labute approximate surface area is 192 Å². The number of pyridine rings is 1. The van der Waals surface area contributed by atoms with Crippen LogP contribution in [0.3, 0.4) is 0 Å². The monoisotopic (exact) mass is 452 g/mol. The van der Waals surface area contributed by atoms with Gasteiger partial charge in [0.05, 0.1) is 49.6 Å². The molecule has 0 aromatic carbocycles. The van der Waals surface area contributed by atoms with Crippen molar-refractivity contribution >= 4 is 28.3 Å². The zero-order valence-electron chi connectivity index (χ0n) is 19.3. The van der Waals surface area contributed by atoms with Crippen molar-refractivity contribution in [2.75, 3.05) is 40.6 Å². The maximum Gasteiger partial charge on any atom is 0.323 e. The number of urea groups is 1. The van der Waals surface area contributed by atoms with E-state index in [0.717, 1.165) is 52.6 Å². The lowest BCUT2D eigenvalue weighted by Gasteiger charge is -2.21. The van der Waals surface area contributed by atoms with E-state index in [0.29, 0.717) is 16.2 Å². The molecule has 0 saturated carbocycles. The van der Waals surface area contributed by atoms with Crippen LogP contribution in [-0.2, 0) is 19.4 Å². The number of rotatable bonds is 5. The molecule has 2 amide bonds. The Bertz CT molecular complexity index is 1150. The molecule has 3 aromatic rings. The fourth-order valence-electron chi connectivity index (χ4n) is 3.79. The Kier molecular flexibility index (Phi) is 5.87. The molecule has 0 saturated heterocycles. The number of quaternary nitrogens is 1. The highest BCUT2D eigenvalue weighted by molar-refractivity contribution is 7.19. The lowest BCUT2D eigenvalue weighted by atomic mass is 10.0. The highest BCUT2D eigenvalue weighted by atomic mass is 32.1. The van der Waals surface area contributed by atoms with Crippen LogP contribution in [0.25, 0.3) is 21.8 Å². The zero-order valence-corrected chi connectivity index (χ0v) is 20.2. The van der Waals surface area contributed by atoms with Gasteiger partial charge in [-0.25, -0.2) is 14.8 Å². The van der Waals surface area contributed by atoms with Gasteiger partial charge < -0.3 is 4.90 Å². The summed E-state index contributed by atoms with van der Waals surface area (Å²) in [5, 5.41) is 8.47. The summed E-state index contributed by atoms with van der Waals surface area (Å²) >= 11 is 1.51. The molecular formula is C23H30N7OS+. The number of anilines is 1. The minimum absolute atomic E-state index is 0.183. The van der Waals surface area contributed by atoms with Crippen LogP contribution in [0.2, 0.25) is 0 Å². The van der Waals surface area contributed by atoms with Gasteiger partial charge in [-0.3, -0.25) is 14.5 Å². The third-order valence-electron chi connectivity index (χ3n) is 5.43. The molecule has 0 bridgehead atoms. The van der Waals surface area contributed by atoms with E-state index in [2.05, 4.69) is 45.2 Å². The van der Waals surface area contributed by atoms with Crippen LogP contribution in [0.15, 0.2) is 31.0 Å². The summed E-state index contributed by atoms with van der Waals surface area (Å²) in [6, 6.07) is 3.99. The van der Waals surface area contributed by atoms with Gasteiger partial charge in [0.15, 0.2) is 5.13 Å². The summed E-state index contributed by atoms with van der Waals surface area (Å²) in [4.78, 5) is 24.1. The first-order chi connectivity index (χ1) is 15.2. The lowest BCUT2D eigenvalue weighted by molar-refractivity contribution is 0.230. The lowest BCUT2D eigenvalue weighted by Crippen LogP contribution is -2.35. The molecule has 9 heteroatoms. The van der Waals surface area contributed by atoms with Crippen LogP contribution in [0.1, 0.15) is 17.7 Å². The van der Waals surface area contributed by atoms with E-state index >= 15 is 0 Å². The molecule has 1 aliphatic rings. The maximum absolute atomic E-state index is 12.1. The molecule has 168 valence electrons. The Hall–Kier alpha value is -3.04. The number of carbonyl (C=O) groups excluding carboxylic acids is 1. The average molecular weight is 453 g/mol. The molecule has 8 nitrogen and oxygen atoms in total. The van der Waals surface area contributed by atoms with Crippen molar-refractivity contribution in [3.63, 3.8) is 0 Å². The molecule has 1 aliphatic carbocycles. The second kappa shape index (κ2) is 8.48. The third-order valence-corrected chi connectivity index (χ3v) is 6.45. The van der Waals surface area contributed by atoms with Gasteiger partial charge in [0, 0.05) is 37.5 Å². The van der Waals surface area contributed by atoms with Gasteiger partial charge in [0.1, 0.15) is 0 Å². The quantitative estimate of drug-likeness (QED) is 0.468. The number of aryl methyl sites for hydroxylation is 1. The first kappa shape index (κ1) is 22.2. The number of carbonyl (C=O) groups is 1. The molecule has 32 heavy (non-hydrogen) atoms. The molecule has 4 rings (SSSR count). The van der Waals surface area contributed by atoms with Gasteiger partial charge in [-0.05, 0) is 25.3 Å². The van der Waals surface area contributed by atoms with E-state index in [1.54, 1.807) is 14.1 Å². The van der Waals surface area contributed by atoms with Crippen LogP contribution < -0.4 is 9.80 Å². The van der Waals surface area contributed by atoms with E-state index in [9.17, 15) is 4.79 Å². The van der Waals surface area contributed by atoms with Crippen LogP contribution in [0.4, 0.5) is 15.7 Å². The van der Waals surface area contributed by atoms with E-state index in [4.69, 9.17) is 15.1 Å². The third kappa shape index (κ3) is 4.18. The van der Waals surface area contributed by atoms with Crippen LogP contribution in [-0.4, -0.2) is 65.9 Å². The van der Waals surface area contributed by atoms with E-state index in [1.165, 1.54) is 21.8 Å². The normalized spacial score (nSPS) is 13.2.